The number of thiophene rings is 1. The van der Waals surface area contributed by atoms with Crippen LogP contribution in [0.25, 0.3) is 0 Å². The van der Waals surface area contributed by atoms with Crippen molar-refractivity contribution in [2.24, 2.45) is 0 Å². The van der Waals surface area contributed by atoms with Crippen LogP contribution in [0.1, 0.15) is 26.2 Å². The molecule has 0 bridgehead atoms. The number of hydrogen-bond acceptors (Lipinski definition) is 4. The highest BCUT2D eigenvalue weighted by atomic mass is 35.5. The first-order valence-electron chi connectivity index (χ1n) is 5.72. The van der Waals surface area contributed by atoms with Gasteiger partial charge in [0.2, 0.25) is 0 Å². The van der Waals surface area contributed by atoms with Crippen LogP contribution in [-0.4, -0.2) is 26.9 Å². The number of carbonyl (C=O) groups excluding carboxylic acids is 1. The average Bonchev–Trinajstić information content (AvgIpc) is 2.86. The maximum atomic E-state index is 12.2. The number of rotatable bonds is 8. The van der Waals surface area contributed by atoms with Crippen molar-refractivity contribution < 1.29 is 13.7 Å². The highest BCUT2D eigenvalue weighted by molar-refractivity contribution is 7.91. The molecular formula is C12H16Cl2O3S2. The van der Waals surface area contributed by atoms with Gasteiger partial charge in [-0.3, -0.25) is 9.00 Å². The summed E-state index contributed by atoms with van der Waals surface area (Å²) >= 11 is 13.6. The minimum atomic E-state index is -1.48. The van der Waals surface area contributed by atoms with E-state index in [1.807, 2.05) is 5.38 Å². The maximum absolute atomic E-state index is 12.2. The van der Waals surface area contributed by atoms with E-state index in [1.165, 1.54) is 25.4 Å². The fourth-order valence-corrected chi connectivity index (χ4v) is 4.74. The third-order valence-corrected chi connectivity index (χ3v) is 6.43. The van der Waals surface area contributed by atoms with Crippen LogP contribution in [0.2, 0.25) is 0 Å². The summed E-state index contributed by atoms with van der Waals surface area (Å²) in [6.07, 6.45) is 0.855. The van der Waals surface area contributed by atoms with Gasteiger partial charge >= 0.3 is 0 Å². The SMILES string of the molecule is COC(CCC(Cl)(Cl)S(=O)c1cccs1)CC(C)=O. The van der Waals surface area contributed by atoms with Gasteiger partial charge in [0.05, 0.1) is 21.1 Å². The van der Waals surface area contributed by atoms with Gasteiger partial charge in [0.15, 0.2) is 3.67 Å². The number of carbonyl (C=O) groups is 1. The van der Waals surface area contributed by atoms with E-state index in [1.54, 1.807) is 12.1 Å². The highest BCUT2D eigenvalue weighted by Crippen LogP contribution is 2.37. The van der Waals surface area contributed by atoms with Crippen LogP contribution in [0.4, 0.5) is 0 Å². The molecule has 2 unspecified atom stereocenters. The Morgan fingerprint density at radius 3 is 2.74 bits per heavy atom. The zero-order chi connectivity index (χ0) is 14.5. The van der Waals surface area contributed by atoms with E-state index in [0.29, 0.717) is 23.5 Å². The summed E-state index contributed by atoms with van der Waals surface area (Å²) in [6.45, 7) is 1.50. The molecule has 0 aliphatic heterocycles. The topological polar surface area (TPSA) is 43.4 Å². The smallest absolute Gasteiger partial charge is 0.197 e. The van der Waals surface area contributed by atoms with Crippen molar-refractivity contribution in [3.8, 4) is 0 Å². The first kappa shape index (κ1) is 17.1. The molecule has 0 aromatic carbocycles. The van der Waals surface area contributed by atoms with Crippen molar-refractivity contribution in [2.75, 3.05) is 7.11 Å². The summed E-state index contributed by atoms with van der Waals surface area (Å²) in [5, 5.41) is 1.82. The summed E-state index contributed by atoms with van der Waals surface area (Å²) < 4.78 is 16.7. The molecule has 0 saturated carbocycles. The lowest BCUT2D eigenvalue weighted by molar-refractivity contribution is -0.119. The van der Waals surface area contributed by atoms with Gasteiger partial charge in [-0.25, -0.2) is 0 Å². The van der Waals surface area contributed by atoms with E-state index in [0.717, 1.165) is 0 Å². The zero-order valence-corrected chi connectivity index (χ0v) is 13.9. The van der Waals surface area contributed by atoms with Crippen LogP contribution < -0.4 is 0 Å². The van der Waals surface area contributed by atoms with Crippen molar-refractivity contribution in [1.29, 1.82) is 0 Å². The molecule has 0 amide bonds. The molecule has 3 nitrogen and oxygen atoms in total. The molecule has 1 aromatic rings. The fourth-order valence-electron chi connectivity index (χ4n) is 1.56. The Kier molecular flexibility index (Phi) is 6.97. The highest BCUT2D eigenvalue weighted by Gasteiger charge is 2.34. The Bertz CT molecular complexity index is 432. The number of methoxy groups -OCH3 is 1. The molecule has 0 saturated heterocycles. The Hall–Kier alpha value is 0.0600. The number of Topliss-reactive ketones (excluding diaryl/α,β-unsaturated/α-hetero) is 1. The molecule has 7 heteroatoms. The normalized spacial score (nSPS) is 15.2. The molecule has 0 fully saturated rings. The van der Waals surface area contributed by atoms with Gasteiger partial charge in [0.1, 0.15) is 5.78 Å². The molecule has 19 heavy (non-hydrogen) atoms. The predicted octanol–water partition coefficient (Wildman–Crippen LogP) is 3.76. The van der Waals surface area contributed by atoms with Crippen molar-refractivity contribution in [2.45, 2.75) is 40.2 Å². The van der Waals surface area contributed by atoms with Crippen molar-refractivity contribution in [3.05, 3.63) is 17.5 Å². The zero-order valence-electron chi connectivity index (χ0n) is 10.7. The molecule has 2 atom stereocenters. The Morgan fingerprint density at radius 2 is 2.26 bits per heavy atom. The first-order chi connectivity index (χ1) is 8.86. The Balaban J connectivity index is 2.59. The Morgan fingerprint density at radius 1 is 1.58 bits per heavy atom. The largest absolute Gasteiger partial charge is 0.381 e. The Labute approximate surface area is 129 Å². The van der Waals surface area contributed by atoms with Gasteiger partial charge in [-0.05, 0) is 31.2 Å². The van der Waals surface area contributed by atoms with Gasteiger partial charge in [-0.1, -0.05) is 29.3 Å². The van der Waals surface area contributed by atoms with E-state index in [4.69, 9.17) is 27.9 Å². The fraction of sp³-hybridized carbons (Fsp3) is 0.583. The van der Waals surface area contributed by atoms with Crippen molar-refractivity contribution >= 4 is 51.1 Å². The van der Waals surface area contributed by atoms with Crippen LogP contribution >= 0.6 is 34.5 Å². The second-order valence-corrected chi connectivity index (χ2v) is 8.95. The third-order valence-electron chi connectivity index (χ3n) is 2.55. The molecule has 0 radical (unpaired) electrons. The quantitative estimate of drug-likeness (QED) is 0.675. The van der Waals surface area contributed by atoms with E-state index in [9.17, 15) is 9.00 Å². The van der Waals surface area contributed by atoms with E-state index in [-0.39, 0.29) is 11.9 Å². The number of ketones is 1. The predicted molar refractivity (Wildman–Crippen MR) is 80.5 cm³/mol. The maximum Gasteiger partial charge on any atom is 0.197 e. The van der Waals surface area contributed by atoms with Gasteiger partial charge in [0, 0.05) is 13.5 Å². The molecule has 1 rings (SSSR count). The standard InChI is InChI=1S/C12H16Cl2O3S2/c1-9(15)8-10(17-2)5-6-12(13,14)19(16)11-4-3-7-18-11/h3-4,7,10H,5-6,8H2,1-2H3. The monoisotopic (exact) mass is 342 g/mol. The van der Waals surface area contributed by atoms with Gasteiger partial charge in [-0.15, -0.1) is 11.3 Å². The summed E-state index contributed by atoms with van der Waals surface area (Å²) in [5.41, 5.74) is 0. The number of alkyl halides is 2. The lowest BCUT2D eigenvalue weighted by Crippen LogP contribution is -2.24. The molecule has 0 spiro atoms. The lowest BCUT2D eigenvalue weighted by Gasteiger charge is -2.21. The summed E-state index contributed by atoms with van der Waals surface area (Å²) in [7, 11) is 0.0509. The average molecular weight is 343 g/mol. The third kappa shape index (κ3) is 5.52. The molecule has 0 aliphatic rings. The molecule has 0 aliphatic carbocycles. The molecule has 1 heterocycles. The summed E-state index contributed by atoms with van der Waals surface area (Å²) in [5.74, 6) is 0.0426. The van der Waals surface area contributed by atoms with Crippen LogP contribution in [0, 0.1) is 0 Å². The first-order valence-corrected chi connectivity index (χ1v) is 8.51. The minimum Gasteiger partial charge on any atom is -0.381 e. The molecule has 1 aromatic heterocycles. The van der Waals surface area contributed by atoms with Gasteiger partial charge in [0.25, 0.3) is 0 Å². The van der Waals surface area contributed by atoms with Crippen LogP contribution in [0.3, 0.4) is 0 Å². The summed E-state index contributed by atoms with van der Waals surface area (Å²) in [4.78, 5) is 11.1. The number of ether oxygens (including phenoxy) is 1. The van der Waals surface area contributed by atoms with E-state index in [2.05, 4.69) is 0 Å². The van der Waals surface area contributed by atoms with E-state index >= 15 is 0 Å². The molecule has 0 N–H and O–H groups in total. The molecular weight excluding hydrogens is 327 g/mol. The number of halogens is 2. The lowest BCUT2D eigenvalue weighted by atomic mass is 10.1. The minimum absolute atomic E-state index is 0.0426. The van der Waals surface area contributed by atoms with Crippen LogP contribution in [-0.2, 0) is 20.3 Å². The number of hydrogen-bond donors (Lipinski definition) is 0. The second kappa shape index (κ2) is 7.74. The van der Waals surface area contributed by atoms with Crippen molar-refractivity contribution in [3.63, 3.8) is 0 Å². The molecule has 108 valence electrons. The van der Waals surface area contributed by atoms with Crippen molar-refractivity contribution in [1.82, 2.24) is 0 Å². The van der Waals surface area contributed by atoms with Gasteiger partial charge in [-0.2, -0.15) is 0 Å². The van der Waals surface area contributed by atoms with Crippen LogP contribution in [0.15, 0.2) is 21.7 Å². The second-order valence-electron chi connectivity index (χ2n) is 4.14. The summed E-state index contributed by atoms with van der Waals surface area (Å²) in [6, 6.07) is 3.54. The van der Waals surface area contributed by atoms with E-state index < -0.39 is 14.5 Å². The van der Waals surface area contributed by atoms with Crippen LogP contribution in [0.5, 0.6) is 0 Å². The van der Waals surface area contributed by atoms with Gasteiger partial charge < -0.3 is 4.74 Å².